The molecule has 1 atom stereocenters. The lowest BCUT2D eigenvalue weighted by molar-refractivity contribution is 0.165. The summed E-state index contributed by atoms with van der Waals surface area (Å²) in [5.41, 5.74) is 1.06. The van der Waals surface area contributed by atoms with Crippen molar-refractivity contribution < 1.29 is 9.53 Å². The van der Waals surface area contributed by atoms with Gasteiger partial charge in [-0.2, -0.15) is 0 Å². The van der Waals surface area contributed by atoms with E-state index in [4.69, 9.17) is 4.74 Å². The molecule has 0 radical (unpaired) electrons. The first-order valence-electron chi connectivity index (χ1n) is 5.64. The second-order valence-corrected chi connectivity index (χ2v) is 3.88. The summed E-state index contributed by atoms with van der Waals surface area (Å²) in [6, 6.07) is 3.43. The van der Waals surface area contributed by atoms with Crippen LogP contribution < -0.4 is 10.6 Å². The van der Waals surface area contributed by atoms with Crippen molar-refractivity contribution in [1.29, 1.82) is 0 Å². The first kappa shape index (κ1) is 13.4. The number of aryl methyl sites for hydroxylation is 1. The Hall–Kier alpha value is -1.62. The first-order chi connectivity index (χ1) is 8.15. The monoisotopic (exact) mass is 237 g/mol. The lowest BCUT2D eigenvalue weighted by Crippen LogP contribution is -2.40. The number of hydrogen-bond donors (Lipinski definition) is 2. The zero-order valence-corrected chi connectivity index (χ0v) is 10.5. The van der Waals surface area contributed by atoms with Crippen LogP contribution in [0.25, 0.3) is 0 Å². The number of ether oxygens (including phenoxy) is 1. The number of urea groups is 1. The largest absolute Gasteiger partial charge is 0.383 e. The van der Waals surface area contributed by atoms with Gasteiger partial charge in [0.1, 0.15) is 5.82 Å². The number of anilines is 1. The van der Waals surface area contributed by atoms with Gasteiger partial charge in [0.25, 0.3) is 0 Å². The molecular weight excluding hydrogens is 218 g/mol. The Kier molecular flexibility index (Phi) is 5.42. The molecule has 2 amide bonds. The third-order valence-electron chi connectivity index (χ3n) is 2.35. The summed E-state index contributed by atoms with van der Waals surface area (Å²) < 4.78 is 5.00. The van der Waals surface area contributed by atoms with Crippen LogP contribution in [0, 0.1) is 6.92 Å². The molecule has 94 valence electrons. The van der Waals surface area contributed by atoms with Crippen LogP contribution in [0.3, 0.4) is 0 Å². The normalized spacial score (nSPS) is 11.9. The molecule has 5 heteroatoms. The number of amides is 2. The van der Waals surface area contributed by atoms with Crippen molar-refractivity contribution in [2.75, 3.05) is 19.0 Å². The highest BCUT2D eigenvalue weighted by molar-refractivity contribution is 5.88. The Morgan fingerprint density at radius 2 is 2.29 bits per heavy atom. The number of methoxy groups -OCH3 is 1. The molecule has 0 saturated carbocycles. The molecule has 0 aromatic carbocycles. The summed E-state index contributed by atoms with van der Waals surface area (Å²) in [4.78, 5) is 15.7. The van der Waals surface area contributed by atoms with Crippen molar-refractivity contribution in [3.8, 4) is 0 Å². The third-order valence-corrected chi connectivity index (χ3v) is 2.35. The molecule has 1 unspecified atom stereocenters. The SMILES string of the molecule is CCC(COC)NC(=O)Nc1ccc(C)cn1. The fraction of sp³-hybridized carbons (Fsp3) is 0.500. The van der Waals surface area contributed by atoms with Gasteiger partial charge in [0.15, 0.2) is 0 Å². The van der Waals surface area contributed by atoms with Gasteiger partial charge in [0.2, 0.25) is 0 Å². The number of nitrogens with one attached hydrogen (secondary N) is 2. The van der Waals surface area contributed by atoms with Gasteiger partial charge in [-0.3, -0.25) is 5.32 Å². The highest BCUT2D eigenvalue weighted by Gasteiger charge is 2.10. The van der Waals surface area contributed by atoms with Gasteiger partial charge < -0.3 is 10.1 Å². The number of hydrogen-bond acceptors (Lipinski definition) is 3. The predicted molar refractivity (Wildman–Crippen MR) is 67.1 cm³/mol. The lowest BCUT2D eigenvalue weighted by Gasteiger charge is -2.16. The van der Waals surface area contributed by atoms with Crippen molar-refractivity contribution >= 4 is 11.8 Å². The maximum atomic E-state index is 11.6. The van der Waals surface area contributed by atoms with Gasteiger partial charge in [0.05, 0.1) is 12.6 Å². The minimum atomic E-state index is -0.259. The van der Waals surface area contributed by atoms with Gasteiger partial charge in [-0.05, 0) is 25.0 Å². The molecule has 0 saturated heterocycles. The Morgan fingerprint density at radius 3 is 2.82 bits per heavy atom. The number of carbonyl (C=O) groups excluding carboxylic acids is 1. The summed E-state index contributed by atoms with van der Waals surface area (Å²) in [5.74, 6) is 0.542. The summed E-state index contributed by atoms with van der Waals surface area (Å²) in [7, 11) is 1.61. The number of pyridine rings is 1. The van der Waals surface area contributed by atoms with Gasteiger partial charge in [-0.25, -0.2) is 9.78 Å². The predicted octanol–water partition coefficient (Wildman–Crippen LogP) is 1.94. The first-order valence-corrected chi connectivity index (χ1v) is 5.64. The fourth-order valence-electron chi connectivity index (χ4n) is 1.34. The molecule has 0 fully saturated rings. The average molecular weight is 237 g/mol. The minimum absolute atomic E-state index is 0.0189. The van der Waals surface area contributed by atoms with Crippen molar-refractivity contribution in [1.82, 2.24) is 10.3 Å². The van der Waals surface area contributed by atoms with Crippen LogP contribution >= 0.6 is 0 Å². The van der Waals surface area contributed by atoms with Crippen LogP contribution in [0.1, 0.15) is 18.9 Å². The number of rotatable bonds is 5. The molecular formula is C12H19N3O2. The minimum Gasteiger partial charge on any atom is -0.383 e. The number of carbonyl (C=O) groups is 1. The van der Waals surface area contributed by atoms with Crippen molar-refractivity contribution in [2.45, 2.75) is 26.3 Å². The summed E-state index contributed by atoms with van der Waals surface area (Å²) in [5, 5.41) is 5.49. The number of nitrogens with zero attached hydrogens (tertiary/aromatic N) is 1. The van der Waals surface area contributed by atoms with E-state index >= 15 is 0 Å². The van der Waals surface area contributed by atoms with E-state index in [-0.39, 0.29) is 12.1 Å². The highest BCUT2D eigenvalue weighted by Crippen LogP contribution is 2.03. The van der Waals surface area contributed by atoms with Crippen LogP contribution in [0.4, 0.5) is 10.6 Å². The molecule has 1 rings (SSSR count). The molecule has 0 spiro atoms. The van der Waals surface area contributed by atoms with Crippen molar-refractivity contribution in [2.24, 2.45) is 0 Å². The lowest BCUT2D eigenvalue weighted by atomic mass is 10.2. The Bertz CT molecular complexity index is 351. The maximum Gasteiger partial charge on any atom is 0.320 e. The third kappa shape index (κ3) is 4.82. The molecule has 5 nitrogen and oxygen atoms in total. The van der Waals surface area contributed by atoms with Gasteiger partial charge >= 0.3 is 6.03 Å². The molecule has 0 aliphatic carbocycles. The summed E-state index contributed by atoms with van der Waals surface area (Å²) in [6.45, 7) is 4.45. The van der Waals surface area contributed by atoms with Gasteiger partial charge in [-0.15, -0.1) is 0 Å². The van der Waals surface area contributed by atoms with Crippen LogP contribution in [-0.2, 0) is 4.74 Å². The molecule has 2 N–H and O–H groups in total. The zero-order valence-electron chi connectivity index (χ0n) is 10.5. The molecule has 1 aromatic heterocycles. The van der Waals surface area contributed by atoms with E-state index in [1.165, 1.54) is 0 Å². The molecule has 0 aliphatic rings. The Balaban J connectivity index is 2.46. The maximum absolute atomic E-state index is 11.6. The van der Waals surface area contributed by atoms with Crippen molar-refractivity contribution in [3.05, 3.63) is 23.9 Å². The fourth-order valence-corrected chi connectivity index (χ4v) is 1.34. The van der Waals surface area contributed by atoms with E-state index in [0.717, 1.165) is 12.0 Å². The standard InChI is InChI=1S/C12H19N3O2/c1-4-10(8-17-3)14-12(16)15-11-6-5-9(2)7-13-11/h5-7,10H,4,8H2,1-3H3,(H2,13,14,15,16). The van der Waals surface area contributed by atoms with E-state index in [1.54, 1.807) is 19.4 Å². The summed E-state index contributed by atoms with van der Waals surface area (Å²) >= 11 is 0. The van der Waals surface area contributed by atoms with E-state index < -0.39 is 0 Å². The van der Waals surface area contributed by atoms with E-state index in [9.17, 15) is 4.79 Å². The average Bonchev–Trinajstić information content (AvgIpc) is 2.31. The van der Waals surface area contributed by atoms with Gasteiger partial charge in [-0.1, -0.05) is 13.0 Å². The molecule has 17 heavy (non-hydrogen) atoms. The van der Waals surface area contributed by atoms with E-state index in [1.807, 2.05) is 19.9 Å². The molecule has 1 aromatic rings. The molecule has 0 bridgehead atoms. The molecule has 1 heterocycles. The van der Waals surface area contributed by atoms with E-state index in [2.05, 4.69) is 15.6 Å². The van der Waals surface area contributed by atoms with Crippen molar-refractivity contribution in [3.63, 3.8) is 0 Å². The second kappa shape index (κ2) is 6.85. The number of aromatic nitrogens is 1. The van der Waals surface area contributed by atoms with Crippen LogP contribution in [0.5, 0.6) is 0 Å². The quantitative estimate of drug-likeness (QED) is 0.822. The Morgan fingerprint density at radius 1 is 1.53 bits per heavy atom. The van der Waals surface area contributed by atoms with Crippen LogP contribution in [0.2, 0.25) is 0 Å². The second-order valence-electron chi connectivity index (χ2n) is 3.88. The van der Waals surface area contributed by atoms with Crippen LogP contribution in [-0.4, -0.2) is 30.8 Å². The molecule has 0 aliphatic heterocycles. The van der Waals surface area contributed by atoms with Gasteiger partial charge in [0, 0.05) is 13.3 Å². The van der Waals surface area contributed by atoms with Crippen LogP contribution in [0.15, 0.2) is 18.3 Å². The van der Waals surface area contributed by atoms with E-state index in [0.29, 0.717) is 12.4 Å². The summed E-state index contributed by atoms with van der Waals surface area (Å²) in [6.07, 6.45) is 2.53. The highest BCUT2D eigenvalue weighted by atomic mass is 16.5. The smallest absolute Gasteiger partial charge is 0.320 e. The zero-order chi connectivity index (χ0) is 12.7. The topological polar surface area (TPSA) is 63.2 Å². The Labute approximate surface area is 102 Å².